The van der Waals surface area contributed by atoms with Crippen LogP contribution in [0.1, 0.15) is 21.5 Å². The summed E-state index contributed by atoms with van der Waals surface area (Å²) in [4.78, 5) is 13.3. The van der Waals surface area contributed by atoms with Crippen LogP contribution in [0.25, 0.3) is 0 Å². The van der Waals surface area contributed by atoms with Gasteiger partial charge in [-0.1, -0.05) is 18.2 Å². The quantitative estimate of drug-likeness (QED) is 0.606. The van der Waals surface area contributed by atoms with E-state index in [9.17, 15) is 4.79 Å². The van der Waals surface area contributed by atoms with Gasteiger partial charge in [0.05, 0.1) is 12.9 Å². The Bertz CT molecular complexity index is 620. The van der Waals surface area contributed by atoms with Gasteiger partial charge in [0.1, 0.15) is 5.75 Å². The molecule has 0 fully saturated rings. The van der Waals surface area contributed by atoms with Crippen molar-refractivity contribution in [3.05, 3.63) is 59.2 Å². The molecule has 104 valence electrons. The summed E-state index contributed by atoms with van der Waals surface area (Å²) < 4.78 is 5.14. The predicted octanol–water partition coefficient (Wildman–Crippen LogP) is 4.29. The first kappa shape index (κ1) is 14.7. The average molecular weight is 286 g/mol. The number of hydrogen-bond acceptors (Lipinski definition) is 3. The maximum absolute atomic E-state index is 12.2. The van der Waals surface area contributed by atoms with Gasteiger partial charge in [-0.3, -0.25) is 4.79 Å². The lowest BCUT2D eigenvalue weighted by Gasteiger charge is -2.06. The van der Waals surface area contributed by atoms with E-state index in [2.05, 4.69) is 32.0 Å². The third kappa shape index (κ3) is 3.64. The van der Waals surface area contributed by atoms with Crippen LogP contribution < -0.4 is 4.74 Å². The molecule has 0 bridgehead atoms. The van der Waals surface area contributed by atoms with Gasteiger partial charge in [-0.15, -0.1) is 11.8 Å². The lowest BCUT2D eigenvalue weighted by molar-refractivity contribution is 0.102. The highest BCUT2D eigenvalue weighted by atomic mass is 32.2. The fourth-order valence-electron chi connectivity index (χ4n) is 1.83. The number of Topliss-reactive ketones (excluding diaryl/α,β-unsaturated/α-hetero) is 1. The van der Waals surface area contributed by atoms with E-state index >= 15 is 0 Å². The second kappa shape index (κ2) is 6.62. The molecule has 2 aromatic rings. The van der Waals surface area contributed by atoms with Gasteiger partial charge >= 0.3 is 0 Å². The molecule has 0 saturated carbocycles. The second-order valence-electron chi connectivity index (χ2n) is 4.69. The third-order valence-electron chi connectivity index (χ3n) is 3.24. The van der Waals surface area contributed by atoms with Crippen LogP contribution in [0.5, 0.6) is 5.75 Å². The SMILES string of the molecule is COc1cccc(C(=O)CSc2ccc(C)c(C)c2)c1. The molecule has 0 aliphatic heterocycles. The number of methoxy groups -OCH3 is 1. The van der Waals surface area contributed by atoms with E-state index in [1.54, 1.807) is 24.9 Å². The molecule has 0 aliphatic carbocycles. The van der Waals surface area contributed by atoms with Gasteiger partial charge in [0.2, 0.25) is 0 Å². The Morgan fingerprint density at radius 1 is 1.10 bits per heavy atom. The highest BCUT2D eigenvalue weighted by Gasteiger charge is 2.08. The van der Waals surface area contributed by atoms with E-state index in [0.29, 0.717) is 17.1 Å². The maximum atomic E-state index is 12.2. The number of aryl methyl sites for hydroxylation is 2. The summed E-state index contributed by atoms with van der Waals surface area (Å²) in [6.07, 6.45) is 0. The van der Waals surface area contributed by atoms with Gasteiger partial charge in [-0.05, 0) is 49.2 Å². The fourth-order valence-corrected chi connectivity index (χ4v) is 2.72. The Labute approximate surface area is 124 Å². The minimum Gasteiger partial charge on any atom is -0.497 e. The van der Waals surface area contributed by atoms with Crippen molar-refractivity contribution in [3.8, 4) is 5.75 Å². The normalized spacial score (nSPS) is 10.3. The van der Waals surface area contributed by atoms with Gasteiger partial charge in [-0.2, -0.15) is 0 Å². The average Bonchev–Trinajstić information content (AvgIpc) is 2.48. The van der Waals surface area contributed by atoms with E-state index in [0.717, 1.165) is 4.90 Å². The Hall–Kier alpha value is -1.74. The topological polar surface area (TPSA) is 26.3 Å². The molecule has 0 unspecified atom stereocenters. The summed E-state index contributed by atoms with van der Waals surface area (Å²) in [5.41, 5.74) is 3.22. The summed E-state index contributed by atoms with van der Waals surface area (Å²) in [6.45, 7) is 4.18. The molecule has 0 atom stereocenters. The van der Waals surface area contributed by atoms with Crippen LogP contribution in [0.3, 0.4) is 0 Å². The van der Waals surface area contributed by atoms with Gasteiger partial charge < -0.3 is 4.74 Å². The van der Waals surface area contributed by atoms with Crippen molar-refractivity contribution in [2.75, 3.05) is 12.9 Å². The zero-order chi connectivity index (χ0) is 14.5. The van der Waals surface area contributed by atoms with Crippen molar-refractivity contribution >= 4 is 17.5 Å². The van der Waals surface area contributed by atoms with E-state index in [4.69, 9.17) is 4.74 Å². The number of thioether (sulfide) groups is 1. The van der Waals surface area contributed by atoms with E-state index in [-0.39, 0.29) is 5.78 Å². The number of carbonyl (C=O) groups is 1. The standard InChI is InChI=1S/C17H18O2S/c1-12-7-8-16(9-13(12)2)20-11-17(18)14-5-4-6-15(10-14)19-3/h4-10H,11H2,1-3H3. The molecule has 0 N–H and O–H groups in total. The van der Waals surface area contributed by atoms with Crippen LogP contribution in [0.4, 0.5) is 0 Å². The lowest BCUT2D eigenvalue weighted by Crippen LogP contribution is -2.02. The fraction of sp³-hybridized carbons (Fsp3) is 0.235. The molecule has 0 amide bonds. The van der Waals surface area contributed by atoms with Gasteiger partial charge in [0, 0.05) is 10.5 Å². The maximum Gasteiger partial charge on any atom is 0.173 e. The molecule has 2 nitrogen and oxygen atoms in total. The molecule has 0 radical (unpaired) electrons. The molecule has 3 heteroatoms. The molecule has 0 spiro atoms. The molecular weight excluding hydrogens is 268 g/mol. The zero-order valence-electron chi connectivity index (χ0n) is 12.0. The van der Waals surface area contributed by atoms with Gasteiger partial charge in [0.25, 0.3) is 0 Å². The summed E-state index contributed by atoms with van der Waals surface area (Å²) in [5, 5.41) is 0. The largest absolute Gasteiger partial charge is 0.497 e. The highest BCUT2D eigenvalue weighted by Crippen LogP contribution is 2.23. The molecule has 0 saturated heterocycles. The number of ketones is 1. The number of ether oxygens (including phenoxy) is 1. The smallest absolute Gasteiger partial charge is 0.173 e. The van der Waals surface area contributed by atoms with Crippen molar-refractivity contribution < 1.29 is 9.53 Å². The Kier molecular flexibility index (Phi) is 4.85. The molecule has 2 rings (SSSR count). The highest BCUT2D eigenvalue weighted by molar-refractivity contribution is 8.00. The van der Waals surface area contributed by atoms with Crippen molar-refractivity contribution in [1.82, 2.24) is 0 Å². The summed E-state index contributed by atoms with van der Waals surface area (Å²) in [6, 6.07) is 13.6. The van der Waals surface area contributed by atoms with Crippen molar-refractivity contribution in [3.63, 3.8) is 0 Å². The third-order valence-corrected chi connectivity index (χ3v) is 4.23. The van der Waals surface area contributed by atoms with Crippen LogP contribution in [0.2, 0.25) is 0 Å². The zero-order valence-corrected chi connectivity index (χ0v) is 12.8. The molecule has 0 aromatic heterocycles. The first-order chi connectivity index (χ1) is 9.60. The minimum atomic E-state index is 0.118. The Morgan fingerprint density at radius 2 is 1.90 bits per heavy atom. The van der Waals surface area contributed by atoms with Crippen LogP contribution in [-0.2, 0) is 0 Å². The minimum absolute atomic E-state index is 0.118. The number of rotatable bonds is 5. The van der Waals surface area contributed by atoms with Crippen LogP contribution in [0, 0.1) is 13.8 Å². The monoisotopic (exact) mass is 286 g/mol. The molecular formula is C17H18O2S. The molecule has 0 heterocycles. The van der Waals surface area contributed by atoms with E-state index in [1.165, 1.54) is 11.1 Å². The van der Waals surface area contributed by atoms with Crippen molar-refractivity contribution in [2.24, 2.45) is 0 Å². The Morgan fingerprint density at radius 3 is 2.60 bits per heavy atom. The summed E-state index contributed by atoms with van der Waals surface area (Å²) >= 11 is 1.57. The predicted molar refractivity (Wildman–Crippen MR) is 84.0 cm³/mol. The van der Waals surface area contributed by atoms with E-state index in [1.807, 2.05) is 18.2 Å². The van der Waals surface area contributed by atoms with E-state index < -0.39 is 0 Å². The van der Waals surface area contributed by atoms with Crippen LogP contribution in [-0.4, -0.2) is 18.6 Å². The summed E-state index contributed by atoms with van der Waals surface area (Å²) in [7, 11) is 1.60. The van der Waals surface area contributed by atoms with Crippen molar-refractivity contribution in [2.45, 2.75) is 18.7 Å². The van der Waals surface area contributed by atoms with Crippen molar-refractivity contribution in [1.29, 1.82) is 0 Å². The summed E-state index contributed by atoms with van der Waals surface area (Å²) in [5.74, 6) is 1.27. The Balaban J connectivity index is 2.02. The number of hydrogen-bond donors (Lipinski definition) is 0. The van der Waals surface area contributed by atoms with Gasteiger partial charge in [0.15, 0.2) is 5.78 Å². The number of carbonyl (C=O) groups excluding carboxylic acids is 1. The molecule has 2 aromatic carbocycles. The first-order valence-corrected chi connectivity index (χ1v) is 7.46. The number of benzene rings is 2. The van der Waals surface area contributed by atoms with Crippen LogP contribution in [0.15, 0.2) is 47.4 Å². The first-order valence-electron chi connectivity index (χ1n) is 6.47. The van der Waals surface area contributed by atoms with Crippen LogP contribution >= 0.6 is 11.8 Å². The van der Waals surface area contributed by atoms with Gasteiger partial charge in [-0.25, -0.2) is 0 Å². The molecule has 0 aliphatic rings. The molecule has 20 heavy (non-hydrogen) atoms. The lowest BCUT2D eigenvalue weighted by atomic mass is 10.1. The second-order valence-corrected chi connectivity index (χ2v) is 5.74.